The van der Waals surface area contributed by atoms with Crippen LogP contribution in [0, 0.1) is 27.7 Å². The zero-order valence-corrected chi connectivity index (χ0v) is 17.6. The summed E-state index contributed by atoms with van der Waals surface area (Å²) in [6, 6.07) is 8.98. The Balaban J connectivity index is 2.23. The van der Waals surface area contributed by atoms with E-state index in [-0.39, 0.29) is 18.4 Å². The smallest absolute Gasteiger partial charge is 0.262 e. The summed E-state index contributed by atoms with van der Waals surface area (Å²) in [7, 11) is -3.70. The Kier molecular flexibility index (Phi) is 6.31. The molecular formula is C21H28N2O3S. The number of aryl methyl sites for hydroxylation is 2. The van der Waals surface area contributed by atoms with Gasteiger partial charge in [-0.2, -0.15) is 0 Å². The third-order valence-corrected chi connectivity index (χ3v) is 6.24. The van der Waals surface area contributed by atoms with Crippen molar-refractivity contribution in [2.75, 3.05) is 4.72 Å². The Morgan fingerprint density at radius 1 is 0.963 bits per heavy atom. The summed E-state index contributed by atoms with van der Waals surface area (Å²) in [5.41, 5.74) is 4.71. The van der Waals surface area contributed by atoms with Gasteiger partial charge in [0.15, 0.2) is 0 Å². The van der Waals surface area contributed by atoms with Crippen LogP contribution in [0.1, 0.15) is 41.7 Å². The van der Waals surface area contributed by atoms with Crippen molar-refractivity contribution in [1.82, 2.24) is 5.32 Å². The number of carbonyl (C=O) groups excluding carboxylic acids is 1. The fraction of sp³-hybridized carbons (Fsp3) is 0.381. The summed E-state index contributed by atoms with van der Waals surface area (Å²) >= 11 is 0. The first-order valence-electron chi connectivity index (χ1n) is 8.99. The number of hydrogen-bond acceptors (Lipinski definition) is 3. The lowest BCUT2D eigenvalue weighted by Gasteiger charge is -2.17. The third-order valence-electron chi connectivity index (χ3n) is 4.59. The standard InChI is InChI=1S/C21H28N2O3S/c1-13(2)22-20(24)12-18-7-9-19(10-8-18)23-27(25,26)21-16(5)14(3)11-15(4)17(21)6/h7-11,13,23H,12H2,1-6H3,(H,22,24). The molecule has 0 bridgehead atoms. The molecule has 0 spiro atoms. The van der Waals surface area contributed by atoms with Gasteiger partial charge in [-0.15, -0.1) is 0 Å². The Bertz CT molecular complexity index is 920. The molecule has 1 amide bonds. The van der Waals surface area contributed by atoms with Crippen LogP contribution < -0.4 is 10.0 Å². The van der Waals surface area contributed by atoms with Crippen LogP contribution in [0.2, 0.25) is 0 Å². The normalized spacial score (nSPS) is 11.5. The minimum atomic E-state index is -3.70. The van der Waals surface area contributed by atoms with Crippen LogP contribution in [0.4, 0.5) is 5.69 Å². The van der Waals surface area contributed by atoms with E-state index in [0.717, 1.165) is 27.8 Å². The molecule has 146 valence electrons. The summed E-state index contributed by atoms with van der Waals surface area (Å²) in [4.78, 5) is 12.2. The van der Waals surface area contributed by atoms with Crippen LogP contribution in [0.3, 0.4) is 0 Å². The molecule has 0 aromatic heterocycles. The number of nitrogens with one attached hydrogen (secondary N) is 2. The number of amides is 1. The summed E-state index contributed by atoms with van der Waals surface area (Å²) in [5, 5.41) is 2.84. The summed E-state index contributed by atoms with van der Waals surface area (Å²) in [6.07, 6.45) is 0.264. The van der Waals surface area contributed by atoms with Gasteiger partial charge in [-0.05, 0) is 81.5 Å². The van der Waals surface area contributed by atoms with E-state index in [0.29, 0.717) is 10.6 Å². The highest BCUT2D eigenvalue weighted by Crippen LogP contribution is 2.28. The Morgan fingerprint density at radius 3 is 1.96 bits per heavy atom. The molecule has 27 heavy (non-hydrogen) atoms. The van der Waals surface area contributed by atoms with E-state index in [1.165, 1.54) is 0 Å². The highest BCUT2D eigenvalue weighted by atomic mass is 32.2. The second-order valence-electron chi connectivity index (χ2n) is 7.29. The van der Waals surface area contributed by atoms with E-state index < -0.39 is 10.0 Å². The predicted octanol–water partition coefficient (Wildman–Crippen LogP) is 3.79. The monoisotopic (exact) mass is 388 g/mol. The Hall–Kier alpha value is -2.34. The number of benzene rings is 2. The van der Waals surface area contributed by atoms with Crippen LogP contribution in [0.25, 0.3) is 0 Å². The molecule has 0 aliphatic rings. The van der Waals surface area contributed by atoms with Crippen LogP contribution in [0.5, 0.6) is 0 Å². The molecule has 2 aromatic carbocycles. The molecule has 0 saturated carbocycles. The van der Waals surface area contributed by atoms with Gasteiger partial charge in [-0.1, -0.05) is 18.2 Å². The van der Waals surface area contributed by atoms with Crippen molar-refractivity contribution < 1.29 is 13.2 Å². The van der Waals surface area contributed by atoms with Crippen LogP contribution in [-0.4, -0.2) is 20.4 Å². The molecule has 2 aromatic rings. The van der Waals surface area contributed by atoms with E-state index in [2.05, 4.69) is 10.0 Å². The molecule has 6 heteroatoms. The largest absolute Gasteiger partial charge is 0.354 e. The predicted molar refractivity (Wildman–Crippen MR) is 110 cm³/mol. The molecule has 2 rings (SSSR count). The second kappa shape index (κ2) is 8.13. The molecule has 5 nitrogen and oxygen atoms in total. The van der Waals surface area contributed by atoms with Crippen molar-refractivity contribution in [3.8, 4) is 0 Å². The number of rotatable bonds is 6. The van der Waals surface area contributed by atoms with Gasteiger partial charge in [-0.3, -0.25) is 9.52 Å². The number of anilines is 1. The summed E-state index contributed by atoms with van der Waals surface area (Å²) in [6.45, 7) is 11.3. The molecule has 0 aliphatic carbocycles. The minimum absolute atomic E-state index is 0.0557. The van der Waals surface area contributed by atoms with Gasteiger partial charge in [0.1, 0.15) is 0 Å². The highest BCUT2D eigenvalue weighted by molar-refractivity contribution is 7.92. The Labute approximate surface area is 162 Å². The molecule has 2 N–H and O–H groups in total. The maximum absolute atomic E-state index is 13.0. The van der Waals surface area contributed by atoms with Gasteiger partial charge in [0.25, 0.3) is 10.0 Å². The van der Waals surface area contributed by atoms with Crippen molar-refractivity contribution in [2.24, 2.45) is 0 Å². The van der Waals surface area contributed by atoms with Crippen molar-refractivity contribution in [2.45, 2.75) is 58.9 Å². The summed E-state index contributed by atoms with van der Waals surface area (Å²) in [5.74, 6) is -0.0557. The molecule has 0 unspecified atom stereocenters. The summed E-state index contributed by atoms with van der Waals surface area (Å²) < 4.78 is 28.6. The quantitative estimate of drug-likeness (QED) is 0.791. The van der Waals surface area contributed by atoms with Gasteiger partial charge in [0, 0.05) is 11.7 Å². The fourth-order valence-corrected chi connectivity index (χ4v) is 4.72. The average Bonchev–Trinajstić information content (AvgIpc) is 2.54. The lowest BCUT2D eigenvalue weighted by Crippen LogP contribution is -2.31. The van der Waals surface area contributed by atoms with Gasteiger partial charge in [0.2, 0.25) is 5.91 Å². The molecule has 0 heterocycles. The second-order valence-corrected chi connectivity index (χ2v) is 8.91. The molecule has 0 aliphatic heterocycles. The first kappa shape index (κ1) is 21.0. The maximum Gasteiger partial charge on any atom is 0.262 e. The van der Waals surface area contributed by atoms with E-state index in [4.69, 9.17) is 0 Å². The average molecular weight is 389 g/mol. The molecule has 0 saturated heterocycles. The van der Waals surface area contributed by atoms with Gasteiger partial charge < -0.3 is 5.32 Å². The lowest BCUT2D eigenvalue weighted by atomic mass is 10.0. The van der Waals surface area contributed by atoms with Crippen LogP contribution >= 0.6 is 0 Å². The van der Waals surface area contributed by atoms with Crippen molar-refractivity contribution in [1.29, 1.82) is 0 Å². The first-order valence-corrected chi connectivity index (χ1v) is 10.5. The zero-order chi connectivity index (χ0) is 20.4. The topological polar surface area (TPSA) is 75.3 Å². The number of carbonyl (C=O) groups is 1. The zero-order valence-electron chi connectivity index (χ0n) is 16.8. The highest BCUT2D eigenvalue weighted by Gasteiger charge is 2.22. The van der Waals surface area contributed by atoms with Crippen molar-refractivity contribution in [3.05, 3.63) is 58.1 Å². The van der Waals surface area contributed by atoms with Crippen molar-refractivity contribution >= 4 is 21.6 Å². The third kappa shape index (κ3) is 5.10. The van der Waals surface area contributed by atoms with Gasteiger partial charge in [-0.25, -0.2) is 8.42 Å². The van der Waals surface area contributed by atoms with E-state index in [9.17, 15) is 13.2 Å². The van der Waals surface area contributed by atoms with E-state index in [1.807, 2.05) is 47.6 Å². The van der Waals surface area contributed by atoms with E-state index in [1.54, 1.807) is 24.3 Å². The molecular weight excluding hydrogens is 360 g/mol. The SMILES string of the molecule is Cc1cc(C)c(C)c(S(=O)(=O)Nc2ccc(CC(=O)NC(C)C)cc2)c1C. The lowest BCUT2D eigenvalue weighted by molar-refractivity contribution is -0.120. The number of sulfonamides is 1. The first-order chi connectivity index (χ1) is 12.5. The Morgan fingerprint density at radius 2 is 1.48 bits per heavy atom. The molecule has 0 fully saturated rings. The maximum atomic E-state index is 13.0. The van der Waals surface area contributed by atoms with Crippen molar-refractivity contribution in [3.63, 3.8) is 0 Å². The molecule has 0 atom stereocenters. The fourth-order valence-electron chi connectivity index (χ4n) is 3.04. The molecule has 0 radical (unpaired) electrons. The van der Waals surface area contributed by atoms with Gasteiger partial charge in [0.05, 0.1) is 11.3 Å². The number of hydrogen-bond donors (Lipinski definition) is 2. The van der Waals surface area contributed by atoms with Gasteiger partial charge >= 0.3 is 0 Å². The van der Waals surface area contributed by atoms with E-state index >= 15 is 0 Å². The minimum Gasteiger partial charge on any atom is -0.354 e. The van der Waals surface area contributed by atoms with Crippen LogP contribution in [0.15, 0.2) is 35.2 Å². The van der Waals surface area contributed by atoms with Crippen LogP contribution in [-0.2, 0) is 21.2 Å².